The number of primary amides is 1. The maximum Gasteiger partial charge on any atom is 0.343 e. The van der Waals surface area contributed by atoms with E-state index in [2.05, 4.69) is 12.1 Å². The molecule has 4 aromatic rings. The summed E-state index contributed by atoms with van der Waals surface area (Å²) in [4.78, 5) is 33.8. The third kappa shape index (κ3) is 5.75. The normalized spacial score (nSPS) is 14.4. The van der Waals surface area contributed by atoms with Crippen LogP contribution < -0.4 is 10.1 Å². The van der Waals surface area contributed by atoms with E-state index in [0.717, 1.165) is 5.56 Å². The Morgan fingerprint density at radius 1 is 1.08 bits per heavy atom. The number of aliphatic carboxylic acids is 1. The molecule has 38 heavy (non-hydrogen) atoms. The first-order chi connectivity index (χ1) is 18.4. The third-order valence-corrected chi connectivity index (χ3v) is 6.68. The van der Waals surface area contributed by atoms with E-state index in [0.29, 0.717) is 76.6 Å². The molecule has 0 radical (unpaired) electrons. The molecule has 0 bridgehead atoms. The number of aryl methyl sites for hydroxylation is 1. The van der Waals surface area contributed by atoms with Crippen molar-refractivity contribution in [3.05, 3.63) is 88.3 Å². The first kappa shape index (κ1) is 25.6. The van der Waals surface area contributed by atoms with E-state index in [1.54, 1.807) is 41.7 Å². The van der Waals surface area contributed by atoms with E-state index in [1.807, 2.05) is 0 Å². The van der Waals surface area contributed by atoms with Gasteiger partial charge in [-0.05, 0) is 67.8 Å². The maximum absolute atomic E-state index is 13.6. The molecule has 0 aliphatic carbocycles. The number of carboxylic acids is 1. The zero-order valence-corrected chi connectivity index (χ0v) is 21.1. The summed E-state index contributed by atoms with van der Waals surface area (Å²) in [5, 5.41) is 11.0. The number of ether oxygens (including phenoxy) is 1. The lowest BCUT2D eigenvalue weighted by atomic mass is 10.00. The molecule has 0 fully saturated rings. The summed E-state index contributed by atoms with van der Waals surface area (Å²) in [6, 6.07) is 18.7. The van der Waals surface area contributed by atoms with Gasteiger partial charge in [-0.15, -0.1) is 0 Å². The molecular weight excluding hydrogens is 509 g/mol. The molecule has 1 amide bonds. The predicted molar refractivity (Wildman–Crippen MR) is 138 cm³/mol. The summed E-state index contributed by atoms with van der Waals surface area (Å²) in [7, 11) is 0. The van der Waals surface area contributed by atoms with Crippen molar-refractivity contribution in [3.63, 3.8) is 0 Å². The van der Waals surface area contributed by atoms with Gasteiger partial charge >= 0.3 is 11.9 Å². The van der Waals surface area contributed by atoms with Gasteiger partial charge in [-0.2, -0.15) is 0 Å². The Bertz CT molecular complexity index is 1510. The van der Waals surface area contributed by atoms with Gasteiger partial charge in [0.2, 0.25) is 0 Å². The summed E-state index contributed by atoms with van der Waals surface area (Å²) >= 11 is 5.98. The topological polar surface area (TPSA) is 106 Å². The molecule has 3 aromatic carbocycles. The van der Waals surface area contributed by atoms with Crippen molar-refractivity contribution in [2.45, 2.75) is 38.1 Å². The number of quaternary nitrogens is 1. The first-order valence-electron chi connectivity index (χ1n) is 12.3. The number of carboxylic acid groups (broad SMARTS) is 1. The first-order valence-corrected chi connectivity index (χ1v) is 12.7. The van der Waals surface area contributed by atoms with Crippen molar-refractivity contribution in [1.29, 1.82) is 0 Å². The minimum atomic E-state index is -0.841. The summed E-state index contributed by atoms with van der Waals surface area (Å²) in [6.07, 6.45) is 2.34. The van der Waals surface area contributed by atoms with Gasteiger partial charge in [-0.3, -0.25) is 10.1 Å². The number of hydrogen-bond donors (Lipinski definition) is 2. The van der Waals surface area contributed by atoms with Crippen LogP contribution >= 0.6 is 11.6 Å². The fourth-order valence-corrected chi connectivity index (χ4v) is 4.66. The van der Waals surface area contributed by atoms with Crippen LogP contribution in [0, 0.1) is 17.9 Å². The summed E-state index contributed by atoms with van der Waals surface area (Å²) in [5.41, 5.74) is 4.42. The fourth-order valence-electron chi connectivity index (χ4n) is 4.55. The molecule has 9 heteroatoms. The smallest absolute Gasteiger partial charge is 0.343 e. The fraction of sp³-hybridized carbons (Fsp3) is 0.241. The molecule has 192 valence electrons. The highest BCUT2D eigenvalue weighted by Crippen LogP contribution is 2.30. The van der Waals surface area contributed by atoms with Crippen molar-refractivity contribution in [2.75, 3.05) is 6.61 Å². The molecule has 3 N–H and O–H groups in total. The maximum atomic E-state index is 13.6. The van der Waals surface area contributed by atoms with Crippen LogP contribution in [-0.4, -0.2) is 33.6 Å². The Hall–Kier alpha value is -4.06. The van der Waals surface area contributed by atoms with Crippen LogP contribution in [0.15, 0.2) is 48.5 Å². The molecule has 0 saturated carbocycles. The molecule has 2 heterocycles. The van der Waals surface area contributed by atoms with Gasteiger partial charge in [-0.1, -0.05) is 17.7 Å². The molecule has 1 aliphatic rings. The van der Waals surface area contributed by atoms with Gasteiger partial charge < -0.3 is 9.84 Å². The van der Waals surface area contributed by atoms with E-state index in [4.69, 9.17) is 31.4 Å². The number of benzene rings is 2. The van der Waals surface area contributed by atoms with Crippen LogP contribution in [0.25, 0.3) is 22.3 Å². The molecule has 1 aliphatic heterocycles. The largest absolute Gasteiger partial charge is 0.493 e. The van der Waals surface area contributed by atoms with Crippen molar-refractivity contribution in [1.82, 2.24) is 9.97 Å². The van der Waals surface area contributed by atoms with Crippen LogP contribution in [0.5, 0.6) is 5.75 Å². The van der Waals surface area contributed by atoms with Crippen LogP contribution in [0.2, 0.25) is 5.02 Å². The number of hydrogen-bond acceptors (Lipinski definition) is 5. The van der Waals surface area contributed by atoms with Gasteiger partial charge in [0.1, 0.15) is 23.3 Å². The molecular formula is C29H24ClFN3O4+. The van der Waals surface area contributed by atoms with Crippen molar-refractivity contribution in [3.8, 4) is 17.0 Å². The lowest BCUT2D eigenvalue weighted by Crippen LogP contribution is -2.89. The van der Waals surface area contributed by atoms with Crippen LogP contribution in [0.4, 0.5) is 4.39 Å². The number of amides is 1. The number of carbonyl (C=O) groups excluding carboxylic acids is 1. The third-order valence-electron chi connectivity index (χ3n) is 6.46. The van der Waals surface area contributed by atoms with Crippen LogP contribution in [-0.2, 0) is 11.2 Å². The number of unbranched alkanes of at least 4 members (excludes halogenated alkanes) is 1. The number of aromatic nitrogens is 2. The predicted octanol–water partition coefficient (Wildman–Crippen LogP) is 4.71. The minimum Gasteiger partial charge on any atom is -0.493 e. The molecule has 1 aromatic heterocycles. The van der Waals surface area contributed by atoms with Crippen LogP contribution in [0.3, 0.4) is 0 Å². The van der Waals surface area contributed by atoms with Crippen molar-refractivity contribution in [2.24, 2.45) is 0 Å². The Labute approximate surface area is 223 Å². The number of rotatable bonds is 8. The van der Waals surface area contributed by atoms with E-state index in [1.165, 1.54) is 12.1 Å². The Balaban J connectivity index is 1.43. The second-order valence-corrected chi connectivity index (χ2v) is 9.53. The monoisotopic (exact) mass is 532 g/mol. The number of carbonyl (C=O) groups is 2. The van der Waals surface area contributed by atoms with E-state index < -0.39 is 5.97 Å². The van der Waals surface area contributed by atoms with Gasteiger partial charge in [0.15, 0.2) is 0 Å². The molecule has 0 spiro atoms. The Morgan fingerprint density at radius 2 is 1.95 bits per heavy atom. The van der Waals surface area contributed by atoms with E-state index in [-0.39, 0.29) is 24.2 Å². The lowest BCUT2D eigenvalue weighted by Gasteiger charge is -2.23. The quantitative estimate of drug-likeness (QED) is 0.318. The van der Waals surface area contributed by atoms with Gasteiger partial charge in [0, 0.05) is 18.9 Å². The van der Waals surface area contributed by atoms with Crippen molar-refractivity contribution >= 4 is 34.5 Å². The average molecular weight is 533 g/mol. The average Bonchev–Trinajstić information content (AvgIpc) is 2.90. The van der Waals surface area contributed by atoms with Gasteiger partial charge in [0.25, 0.3) is 0 Å². The number of nitrogens with two attached hydrogens (primary N) is 1. The Morgan fingerprint density at radius 3 is 2.74 bits per heavy atom. The Kier molecular flexibility index (Phi) is 7.50. The molecule has 5 rings (SSSR count). The highest BCUT2D eigenvalue weighted by molar-refractivity contribution is 6.30. The highest BCUT2D eigenvalue weighted by Gasteiger charge is 2.28. The summed E-state index contributed by atoms with van der Waals surface area (Å²) in [6.45, 7) is 0.404. The second kappa shape index (κ2) is 11.1. The van der Waals surface area contributed by atoms with Crippen molar-refractivity contribution < 1.29 is 29.1 Å². The van der Waals surface area contributed by atoms with E-state index >= 15 is 0 Å². The summed E-state index contributed by atoms with van der Waals surface area (Å²) in [5.74, 6) is -0.919. The number of nitrogens with zero attached hydrogens (tertiary/aromatic N) is 2. The molecule has 0 saturated heterocycles. The zero-order chi connectivity index (χ0) is 26.6. The zero-order valence-electron chi connectivity index (χ0n) is 20.3. The molecule has 1 atom stereocenters. The minimum absolute atomic E-state index is 0.0770. The van der Waals surface area contributed by atoms with Gasteiger partial charge in [0.05, 0.1) is 45.0 Å². The standard InChI is InChI=1S/C29H23ClFN3O4/c30-19-8-5-17(6-9-19)28-24(3-1-2-4-27(35)36)32-25-15-18(7-12-23(25)33-28)29(37)34-22-13-14-38-26-16-20(31)10-11-21(22)26/h5,7-8,10-12,15-16,22H,1-4,13-14H2,(H,34,37)(H,35,36)/p+1. The second-order valence-electron chi connectivity index (χ2n) is 9.12. The van der Waals surface area contributed by atoms with Gasteiger partial charge in [-0.25, -0.2) is 19.2 Å². The number of halogens is 2. The lowest BCUT2D eigenvalue weighted by molar-refractivity contribution is -0.603. The summed E-state index contributed by atoms with van der Waals surface area (Å²) < 4.78 is 19.2. The highest BCUT2D eigenvalue weighted by atomic mass is 35.5. The number of fused-ring (bicyclic) bond motifs is 2. The SMILES string of the molecule is O=C(O)CCCCc1nc2cc(C(=O)[NH2+]C3CCOc4cc(F)ccc43)ccc2nc1-c1c#cc(Cl)cc1. The van der Waals surface area contributed by atoms with Crippen LogP contribution in [0.1, 0.15) is 53.3 Å². The molecule has 1 unspecified atom stereocenters. The van der Waals surface area contributed by atoms with E-state index in [9.17, 15) is 14.0 Å². The molecule has 7 nitrogen and oxygen atoms in total.